The van der Waals surface area contributed by atoms with Crippen molar-refractivity contribution >= 4 is 23.6 Å². The van der Waals surface area contributed by atoms with Crippen molar-refractivity contribution in [1.82, 2.24) is 5.32 Å². The van der Waals surface area contributed by atoms with Gasteiger partial charge in [0.2, 0.25) is 0 Å². The van der Waals surface area contributed by atoms with Crippen LogP contribution in [0.25, 0.3) is 0 Å². The van der Waals surface area contributed by atoms with E-state index < -0.39 is 11.5 Å². The molecule has 2 fully saturated rings. The average molecular weight is 335 g/mol. The Kier molecular flexibility index (Phi) is 4.92. The zero-order valence-electron chi connectivity index (χ0n) is 12.9. The van der Waals surface area contributed by atoms with Gasteiger partial charge in [-0.15, -0.1) is 0 Å². The molecule has 5 nitrogen and oxygen atoms in total. The maximum Gasteiger partial charge on any atom is 0.329 e. The normalized spacial score (nSPS) is 23.4. The third-order valence-electron chi connectivity index (χ3n) is 4.66. The molecule has 0 radical (unpaired) electrons. The molecule has 1 unspecified atom stereocenters. The van der Waals surface area contributed by atoms with Gasteiger partial charge < -0.3 is 15.2 Å². The number of hydrogen-bond acceptors (Lipinski definition) is 4. The van der Waals surface area contributed by atoms with Crippen LogP contribution in [0, 0.1) is 0 Å². The van der Waals surface area contributed by atoms with Gasteiger partial charge in [-0.2, -0.15) is 11.8 Å². The Bertz CT molecular complexity index is 592. The number of thioether (sulfide) groups is 1. The van der Waals surface area contributed by atoms with Gasteiger partial charge in [-0.25, -0.2) is 4.79 Å². The molecule has 0 spiro atoms. The van der Waals surface area contributed by atoms with E-state index in [1.807, 2.05) is 18.2 Å². The Hall–Kier alpha value is -1.53. The highest BCUT2D eigenvalue weighted by Crippen LogP contribution is 2.29. The van der Waals surface area contributed by atoms with E-state index >= 15 is 0 Å². The van der Waals surface area contributed by atoms with E-state index in [0.29, 0.717) is 30.9 Å². The largest absolute Gasteiger partial charge is 0.480 e. The SMILES string of the molecule is O=C(NC1(C(=O)O)CCSCC1)c1cccc(C2CCOC2)c1. The summed E-state index contributed by atoms with van der Waals surface area (Å²) in [5.41, 5.74) is 0.474. The van der Waals surface area contributed by atoms with Crippen molar-refractivity contribution in [2.45, 2.75) is 30.7 Å². The van der Waals surface area contributed by atoms with Crippen molar-refractivity contribution in [3.8, 4) is 0 Å². The first-order valence-electron chi connectivity index (χ1n) is 7.92. The fraction of sp³-hybridized carbons (Fsp3) is 0.529. The molecule has 0 bridgehead atoms. The molecule has 1 atom stereocenters. The lowest BCUT2D eigenvalue weighted by Gasteiger charge is -2.33. The average Bonchev–Trinajstić information content (AvgIpc) is 3.10. The van der Waals surface area contributed by atoms with Crippen molar-refractivity contribution < 1.29 is 19.4 Å². The molecule has 2 aliphatic heterocycles. The molecule has 1 aromatic rings. The molecular weight excluding hydrogens is 314 g/mol. The highest BCUT2D eigenvalue weighted by Gasteiger charge is 2.41. The van der Waals surface area contributed by atoms with E-state index in [0.717, 1.165) is 30.1 Å². The Morgan fingerprint density at radius 2 is 2.09 bits per heavy atom. The van der Waals surface area contributed by atoms with Gasteiger partial charge in [0.25, 0.3) is 5.91 Å². The van der Waals surface area contributed by atoms with Gasteiger partial charge in [0.05, 0.1) is 6.61 Å². The molecule has 0 saturated carbocycles. The Balaban J connectivity index is 1.77. The van der Waals surface area contributed by atoms with Crippen LogP contribution >= 0.6 is 11.8 Å². The number of carboxylic acids is 1. The van der Waals surface area contributed by atoms with Crippen molar-refractivity contribution in [1.29, 1.82) is 0 Å². The van der Waals surface area contributed by atoms with E-state index in [9.17, 15) is 14.7 Å². The second-order valence-electron chi connectivity index (χ2n) is 6.14. The van der Waals surface area contributed by atoms with Gasteiger partial charge in [0.15, 0.2) is 0 Å². The monoisotopic (exact) mass is 335 g/mol. The van der Waals surface area contributed by atoms with Crippen molar-refractivity contribution in [3.05, 3.63) is 35.4 Å². The maximum atomic E-state index is 12.6. The highest BCUT2D eigenvalue weighted by atomic mass is 32.2. The maximum absolute atomic E-state index is 12.6. The van der Waals surface area contributed by atoms with Gasteiger partial charge in [-0.1, -0.05) is 12.1 Å². The molecule has 2 heterocycles. The first-order valence-corrected chi connectivity index (χ1v) is 9.07. The summed E-state index contributed by atoms with van der Waals surface area (Å²) in [7, 11) is 0. The lowest BCUT2D eigenvalue weighted by molar-refractivity contribution is -0.144. The summed E-state index contributed by atoms with van der Waals surface area (Å²) in [4.78, 5) is 24.3. The van der Waals surface area contributed by atoms with Crippen LogP contribution in [-0.2, 0) is 9.53 Å². The predicted molar refractivity (Wildman–Crippen MR) is 89.0 cm³/mol. The molecule has 124 valence electrons. The molecule has 6 heteroatoms. The fourth-order valence-electron chi connectivity index (χ4n) is 3.13. The van der Waals surface area contributed by atoms with Gasteiger partial charge in [-0.05, 0) is 48.5 Å². The molecule has 3 rings (SSSR count). The van der Waals surface area contributed by atoms with Crippen LogP contribution in [0.4, 0.5) is 0 Å². The van der Waals surface area contributed by atoms with Crippen LogP contribution in [0.5, 0.6) is 0 Å². The van der Waals surface area contributed by atoms with Crippen LogP contribution in [0.15, 0.2) is 24.3 Å². The Morgan fingerprint density at radius 3 is 2.74 bits per heavy atom. The zero-order chi connectivity index (χ0) is 16.3. The number of nitrogens with one attached hydrogen (secondary N) is 1. The van der Waals surface area contributed by atoms with Crippen LogP contribution in [-0.4, -0.2) is 47.2 Å². The summed E-state index contributed by atoms with van der Waals surface area (Å²) in [6.07, 6.45) is 1.89. The van der Waals surface area contributed by atoms with Crippen molar-refractivity contribution in [3.63, 3.8) is 0 Å². The number of carboxylic acid groups (broad SMARTS) is 1. The number of aliphatic carboxylic acids is 1. The summed E-state index contributed by atoms with van der Waals surface area (Å²) >= 11 is 1.73. The Labute approximate surface area is 139 Å². The van der Waals surface area contributed by atoms with Crippen LogP contribution in [0.2, 0.25) is 0 Å². The zero-order valence-corrected chi connectivity index (χ0v) is 13.7. The first-order chi connectivity index (χ1) is 11.1. The molecule has 2 saturated heterocycles. The molecule has 23 heavy (non-hydrogen) atoms. The fourth-order valence-corrected chi connectivity index (χ4v) is 4.32. The second-order valence-corrected chi connectivity index (χ2v) is 7.36. The number of amides is 1. The molecule has 0 aliphatic carbocycles. The minimum absolute atomic E-state index is 0.305. The van der Waals surface area contributed by atoms with Crippen LogP contribution in [0.1, 0.15) is 41.1 Å². The van der Waals surface area contributed by atoms with Gasteiger partial charge in [0, 0.05) is 18.1 Å². The molecule has 0 aromatic heterocycles. The number of carbonyl (C=O) groups excluding carboxylic acids is 1. The van der Waals surface area contributed by atoms with Crippen molar-refractivity contribution in [2.75, 3.05) is 24.7 Å². The minimum Gasteiger partial charge on any atom is -0.480 e. The quantitative estimate of drug-likeness (QED) is 0.883. The lowest BCUT2D eigenvalue weighted by atomic mass is 9.91. The van der Waals surface area contributed by atoms with Crippen LogP contribution < -0.4 is 5.32 Å². The van der Waals surface area contributed by atoms with E-state index in [1.165, 1.54) is 0 Å². The van der Waals surface area contributed by atoms with E-state index in [1.54, 1.807) is 17.8 Å². The van der Waals surface area contributed by atoms with Gasteiger partial charge in [0.1, 0.15) is 5.54 Å². The van der Waals surface area contributed by atoms with Gasteiger partial charge >= 0.3 is 5.97 Å². The van der Waals surface area contributed by atoms with E-state index in [-0.39, 0.29) is 5.91 Å². The summed E-state index contributed by atoms with van der Waals surface area (Å²) in [5, 5.41) is 12.4. The van der Waals surface area contributed by atoms with Gasteiger partial charge in [-0.3, -0.25) is 4.79 Å². The number of benzene rings is 1. The highest BCUT2D eigenvalue weighted by molar-refractivity contribution is 7.99. The molecule has 2 aliphatic rings. The third-order valence-corrected chi connectivity index (χ3v) is 5.64. The van der Waals surface area contributed by atoms with E-state index in [4.69, 9.17) is 4.74 Å². The Morgan fingerprint density at radius 1 is 1.30 bits per heavy atom. The first kappa shape index (κ1) is 16.3. The van der Waals surface area contributed by atoms with Crippen LogP contribution in [0.3, 0.4) is 0 Å². The smallest absolute Gasteiger partial charge is 0.329 e. The second kappa shape index (κ2) is 6.93. The number of hydrogen-bond donors (Lipinski definition) is 2. The number of rotatable bonds is 4. The number of carbonyl (C=O) groups is 2. The molecule has 2 N–H and O–H groups in total. The molecule has 1 amide bonds. The summed E-state index contributed by atoms with van der Waals surface area (Å²) in [6.45, 7) is 1.43. The summed E-state index contributed by atoms with van der Waals surface area (Å²) in [6, 6.07) is 7.46. The number of ether oxygens (including phenoxy) is 1. The predicted octanol–water partition coefficient (Wildman–Crippen LogP) is 2.27. The summed E-state index contributed by atoms with van der Waals surface area (Å²) < 4.78 is 5.40. The van der Waals surface area contributed by atoms with Crippen molar-refractivity contribution in [2.24, 2.45) is 0 Å². The third kappa shape index (κ3) is 3.53. The van der Waals surface area contributed by atoms with E-state index in [2.05, 4.69) is 5.32 Å². The minimum atomic E-state index is -1.13. The standard InChI is InChI=1S/C17H21NO4S/c19-15(18-17(16(20)21)5-8-23-9-6-17)13-3-1-2-12(10-13)14-4-7-22-11-14/h1-3,10,14H,4-9,11H2,(H,18,19)(H,20,21). The molecule has 1 aromatic carbocycles. The topological polar surface area (TPSA) is 75.6 Å². The molecular formula is C17H21NO4S. The lowest BCUT2D eigenvalue weighted by Crippen LogP contribution is -2.56. The summed E-state index contributed by atoms with van der Waals surface area (Å²) in [5.74, 6) is 0.590.